The number of nitrogens with one attached hydrogen (secondary N) is 1. The molecule has 0 unspecified atom stereocenters. The molecule has 0 aliphatic rings. The van der Waals surface area contributed by atoms with E-state index in [1.807, 2.05) is 0 Å². The lowest BCUT2D eigenvalue weighted by atomic mass is 10.2. The van der Waals surface area contributed by atoms with E-state index in [1.165, 1.54) is 6.20 Å². The van der Waals surface area contributed by atoms with Crippen LogP contribution in [0.5, 0.6) is 0 Å². The number of halogens is 2. The molecular weight excluding hydrogens is 156 g/mol. The van der Waals surface area contributed by atoms with Crippen molar-refractivity contribution < 1.29 is 18.7 Å². The van der Waals surface area contributed by atoms with Crippen molar-refractivity contribution in [2.45, 2.75) is 5.92 Å². The van der Waals surface area contributed by atoms with Gasteiger partial charge in [-0.05, 0) is 6.07 Å². The van der Waals surface area contributed by atoms with Crippen LogP contribution in [0.15, 0.2) is 18.5 Å². The molecule has 5 heteroatoms. The number of carboxylic acid groups (broad SMARTS) is 1. The van der Waals surface area contributed by atoms with Crippen molar-refractivity contribution in [1.29, 1.82) is 0 Å². The van der Waals surface area contributed by atoms with Crippen molar-refractivity contribution in [2.75, 3.05) is 0 Å². The Morgan fingerprint density at radius 3 is 2.64 bits per heavy atom. The molecule has 60 valence electrons. The minimum Gasteiger partial charge on any atom is -0.477 e. The van der Waals surface area contributed by atoms with Gasteiger partial charge in [-0.3, -0.25) is 0 Å². The molecule has 1 heterocycles. The second kappa shape index (κ2) is 2.34. The standard InChI is InChI=1S/C6H5F2NO2/c7-6(8,5(10)11)4-1-2-9-3-4/h1-3,9H,(H,10,11). The van der Waals surface area contributed by atoms with Crippen LogP contribution in [0.4, 0.5) is 8.78 Å². The van der Waals surface area contributed by atoms with Gasteiger partial charge in [-0.1, -0.05) is 0 Å². The van der Waals surface area contributed by atoms with E-state index in [2.05, 4.69) is 4.98 Å². The van der Waals surface area contributed by atoms with Crippen LogP contribution in [-0.4, -0.2) is 16.1 Å². The van der Waals surface area contributed by atoms with E-state index in [-0.39, 0.29) is 0 Å². The summed E-state index contributed by atoms with van der Waals surface area (Å²) in [6, 6.07) is 1.02. The lowest BCUT2D eigenvalue weighted by Crippen LogP contribution is -2.24. The molecule has 0 aromatic carbocycles. The number of aliphatic carboxylic acids is 1. The average Bonchev–Trinajstić information content (AvgIpc) is 2.37. The van der Waals surface area contributed by atoms with E-state index in [9.17, 15) is 13.6 Å². The molecule has 0 radical (unpaired) electrons. The van der Waals surface area contributed by atoms with Gasteiger partial charge in [0.1, 0.15) is 0 Å². The van der Waals surface area contributed by atoms with Crippen molar-refractivity contribution in [3.8, 4) is 0 Å². The first kappa shape index (κ1) is 7.71. The molecule has 2 N–H and O–H groups in total. The highest BCUT2D eigenvalue weighted by Crippen LogP contribution is 2.27. The molecule has 0 aliphatic heterocycles. The van der Waals surface area contributed by atoms with Crippen molar-refractivity contribution in [3.05, 3.63) is 24.0 Å². The zero-order chi connectivity index (χ0) is 8.48. The first-order chi connectivity index (χ1) is 5.05. The van der Waals surface area contributed by atoms with Crippen LogP contribution in [0.25, 0.3) is 0 Å². The van der Waals surface area contributed by atoms with Gasteiger partial charge in [0.25, 0.3) is 0 Å². The summed E-state index contributed by atoms with van der Waals surface area (Å²) in [6.45, 7) is 0. The van der Waals surface area contributed by atoms with Gasteiger partial charge < -0.3 is 10.1 Å². The Morgan fingerprint density at radius 1 is 1.64 bits per heavy atom. The summed E-state index contributed by atoms with van der Waals surface area (Å²) in [4.78, 5) is 12.3. The number of alkyl halides is 2. The second-order valence-corrected chi connectivity index (χ2v) is 1.98. The third-order valence-electron chi connectivity index (χ3n) is 1.23. The molecule has 1 aromatic rings. The van der Waals surface area contributed by atoms with Crippen molar-refractivity contribution in [1.82, 2.24) is 4.98 Å². The van der Waals surface area contributed by atoms with Gasteiger partial charge in [0.15, 0.2) is 0 Å². The van der Waals surface area contributed by atoms with Gasteiger partial charge in [0.2, 0.25) is 0 Å². The van der Waals surface area contributed by atoms with Crippen LogP contribution in [-0.2, 0) is 10.7 Å². The van der Waals surface area contributed by atoms with Crippen LogP contribution in [0.1, 0.15) is 5.56 Å². The van der Waals surface area contributed by atoms with Crippen LogP contribution in [0.2, 0.25) is 0 Å². The largest absolute Gasteiger partial charge is 0.477 e. The maximum absolute atomic E-state index is 12.5. The Balaban J connectivity index is 3.00. The smallest absolute Gasteiger partial charge is 0.379 e. The number of hydrogen-bond donors (Lipinski definition) is 2. The zero-order valence-electron chi connectivity index (χ0n) is 5.34. The minimum atomic E-state index is -3.79. The molecule has 0 aliphatic carbocycles. The molecule has 0 saturated carbocycles. The van der Waals surface area contributed by atoms with Crippen molar-refractivity contribution >= 4 is 5.97 Å². The van der Waals surface area contributed by atoms with Gasteiger partial charge >= 0.3 is 11.9 Å². The molecule has 0 fully saturated rings. The number of carboxylic acids is 1. The molecule has 0 bridgehead atoms. The maximum atomic E-state index is 12.5. The second-order valence-electron chi connectivity index (χ2n) is 1.98. The predicted molar refractivity (Wildman–Crippen MR) is 32.3 cm³/mol. The Labute approximate surface area is 60.7 Å². The highest BCUT2D eigenvalue weighted by Gasteiger charge is 2.41. The van der Waals surface area contributed by atoms with E-state index in [0.29, 0.717) is 0 Å². The molecule has 0 amide bonds. The van der Waals surface area contributed by atoms with Crippen LogP contribution < -0.4 is 0 Å². The van der Waals surface area contributed by atoms with Crippen molar-refractivity contribution in [2.24, 2.45) is 0 Å². The normalized spacial score (nSPS) is 11.5. The molecule has 1 aromatic heterocycles. The Hall–Kier alpha value is -1.39. The molecule has 11 heavy (non-hydrogen) atoms. The molecule has 0 saturated heterocycles. The first-order valence-corrected chi connectivity index (χ1v) is 2.79. The van der Waals surface area contributed by atoms with Crippen LogP contribution >= 0.6 is 0 Å². The Morgan fingerprint density at radius 2 is 2.27 bits per heavy atom. The lowest BCUT2D eigenvalue weighted by molar-refractivity contribution is -0.166. The van der Waals surface area contributed by atoms with E-state index < -0.39 is 17.5 Å². The average molecular weight is 161 g/mol. The number of aromatic nitrogens is 1. The Bertz CT molecular complexity index is 256. The molecule has 3 nitrogen and oxygen atoms in total. The summed E-state index contributed by atoms with van der Waals surface area (Å²) >= 11 is 0. The summed E-state index contributed by atoms with van der Waals surface area (Å²) in [5.41, 5.74) is -0.537. The monoisotopic (exact) mass is 161 g/mol. The highest BCUT2D eigenvalue weighted by molar-refractivity contribution is 5.77. The summed E-state index contributed by atoms with van der Waals surface area (Å²) in [5.74, 6) is -5.93. The van der Waals surface area contributed by atoms with Gasteiger partial charge in [-0.25, -0.2) is 4.79 Å². The summed E-state index contributed by atoms with van der Waals surface area (Å²) in [7, 11) is 0. The van der Waals surface area contributed by atoms with Gasteiger partial charge in [0.05, 0.1) is 5.56 Å². The number of rotatable bonds is 2. The minimum absolute atomic E-state index is 0.537. The van der Waals surface area contributed by atoms with Gasteiger partial charge in [-0.2, -0.15) is 8.78 Å². The van der Waals surface area contributed by atoms with Crippen LogP contribution in [0, 0.1) is 0 Å². The summed E-state index contributed by atoms with van der Waals surface area (Å²) in [6.07, 6.45) is 2.19. The number of aromatic amines is 1. The number of carbonyl (C=O) groups is 1. The third-order valence-corrected chi connectivity index (χ3v) is 1.23. The fraction of sp³-hybridized carbons (Fsp3) is 0.167. The fourth-order valence-electron chi connectivity index (χ4n) is 0.643. The third kappa shape index (κ3) is 1.21. The zero-order valence-corrected chi connectivity index (χ0v) is 5.34. The SMILES string of the molecule is O=C(O)C(F)(F)c1cc[nH]c1. The summed E-state index contributed by atoms with van der Waals surface area (Å²) < 4.78 is 25.0. The van der Waals surface area contributed by atoms with E-state index >= 15 is 0 Å². The van der Waals surface area contributed by atoms with E-state index in [4.69, 9.17) is 5.11 Å². The number of hydrogen-bond acceptors (Lipinski definition) is 1. The quantitative estimate of drug-likeness (QED) is 0.684. The molecule has 0 atom stereocenters. The highest BCUT2D eigenvalue weighted by atomic mass is 19.3. The fourth-order valence-corrected chi connectivity index (χ4v) is 0.643. The molecule has 0 spiro atoms. The maximum Gasteiger partial charge on any atom is 0.379 e. The predicted octanol–water partition coefficient (Wildman–Crippen LogP) is 1.19. The topological polar surface area (TPSA) is 53.1 Å². The lowest BCUT2D eigenvalue weighted by Gasteiger charge is -2.07. The molecule has 1 rings (SSSR count). The molecular formula is C6H5F2NO2. The number of H-pyrrole nitrogens is 1. The van der Waals surface area contributed by atoms with E-state index in [0.717, 1.165) is 12.3 Å². The van der Waals surface area contributed by atoms with Gasteiger partial charge in [-0.15, -0.1) is 0 Å². The Kier molecular flexibility index (Phi) is 1.64. The van der Waals surface area contributed by atoms with Crippen LogP contribution in [0.3, 0.4) is 0 Å². The van der Waals surface area contributed by atoms with Gasteiger partial charge in [0, 0.05) is 12.4 Å². The first-order valence-electron chi connectivity index (χ1n) is 2.79. The van der Waals surface area contributed by atoms with E-state index in [1.54, 1.807) is 0 Å². The van der Waals surface area contributed by atoms with Crippen molar-refractivity contribution in [3.63, 3.8) is 0 Å². The summed E-state index contributed by atoms with van der Waals surface area (Å²) in [5, 5.41) is 8.05.